The Labute approximate surface area is 168 Å². The highest BCUT2D eigenvalue weighted by atomic mass is 35.5. The molecular weight excluding hydrogens is 406 g/mol. The van der Waals surface area contributed by atoms with Crippen LogP contribution in [0, 0.1) is 0 Å². The number of rotatable bonds is 7. The number of carbonyl (C=O) groups excluding carboxylic acids is 2. The topological polar surface area (TPSA) is 119 Å². The first-order valence-corrected chi connectivity index (χ1v) is 10.3. The van der Waals surface area contributed by atoms with Crippen molar-refractivity contribution in [2.24, 2.45) is 5.73 Å². The number of methoxy groups -OCH3 is 1. The average molecular weight is 426 g/mol. The monoisotopic (exact) mass is 425 g/mol. The van der Waals surface area contributed by atoms with E-state index in [2.05, 4.69) is 5.32 Å². The van der Waals surface area contributed by atoms with Crippen LogP contribution >= 0.6 is 11.6 Å². The number of nitrogens with two attached hydrogens (primary N) is 1. The van der Waals surface area contributed by atoms with Gasteiger partial charge >= 0.3 is 0 Å². The lowest BCUT2D eigenvalue weighted by molar-refractivity contribution is -0.116. The Kier molecular flexibility index (Phi) is 6.52. The molecule has 0 aromatic heterocycles. The smallest absolute Gasteiger partial charge is 0.248 e. The summed E-state index contributed by atoms with van der Waals surface area (Å²) in [6.07, 6.45) is 0.997. The van der Waals surface area contributed by atoms with Crippen molar-refractivity contribution in [1.82, 2.24) is 0 Å². The second-order valence-corrected chi connectivity index (χ2v) is 8.25. The molecule has 0 aliphatic carbocycles. The fraction of sp³-hybridized carbons (Fsp3) is 0.222. The number of benzene rings is 2. The molecule has 2 aromatic rings. The zero-order valence-corrected chi connectivity index (χ0v) is 17.0. The number of carbonyl (C=O) groups is 2. The number of ether oxygens (including phenoxy) is 1. The minimum Gasteiger partial charge on any atom is -0.495 e. The van der Waals surface area contributed by atoms with Gasteiger partial charge in [0.15, 0.2) is 0 Å². The molecule has 8 nitrogen and oxygen atoms in total. The number of anilines is 2. The Morgan fingerprint density at radius 1 is 1.18 bits per heavy atom. The van der Waals surface area contributed by atoms with Crippen molar-refractivity contribution in [3.05, 3.63) is 53.1 Å². The van der Waals surface area contributed by atoms with Crippen molar-refractivity contribution in [2.45, 2.75) is 13.0 Å². The summed E-state index contributed by atoms with van der Waals surface area (Å²) in [6, 6.07) is 9.27. The molecular formula is C18H20ClN3O5S. The average Bonchev–Trinajstić information content (AvgIpc) is 2.61. The van der Waals surface area contributed by atoms with Gasteiger partial charge in [0.1, 0.15) is 11.8 Å². The standard InChI is InChI=1S/C18H20ClN3O5S/c1-11(18(24)21-13-6-4-12(5-7-13)17(20)23)22(28(3,25)26)14-8-9-16(27-2)15(19)10-14/h4-11H,1-3H3,(H2,20,23)(H,21,24)/t11-/m1/s1. The summed E-state index contributed by atoms with van der Waals surface area (Å²) in [4.78, 5) is 23.7. The van der Waals surface area contributed by atoms with Crippen molar-refractivity contribution in [3.8, 4) is 5.75 Å². The third kappa shape index (κ3) is 4.93. The van der Waals surface area contributed by atoms with Crippen molar-refractivity contribution in [3.63, 3.8) is 0 Å². The molecule has 150 valence electrons. The van der Waals surface area contributed by atoms with E-state index in [4.69, 9.17) is 22.1 Å². The van der Waals surface area contributed by atoms with E-state index in [1.807, 2.05) is 0 Å². The van der Waals surface area contributed by atoms with E-state index in [-0.39, 0.29) is 16.3 Å². The van der Waals surface area contributed by atoms with Gasteiger partial charge in [-0.3, -0.25) is 13.9 Å². The quantitative estimate of drug-likeness (QED) is 0.705. The van der Waals surface area contributed by atoms with Crippen LogP contribution in [-0.2, 0) is 14.8 Å². The molecule has 28 heavy (non-hydrogen) atoms. The Balaban J connectivity index is 2.30. The zero-order chi connectivity index (χ0) is 21.1. The van der Waals surface area contributed by atoms with Gasteiger partial charge in [-0.1, -0.05) is 11.6 Å². The second-order valence-electron chi connectivity index (χ2n) is 5.98. The van der Waals surface area contributed by atoms with E-state index in [0.29, 0.717) is 11.4 Å². The molecule has 0 saturated heterocycles. The third-order valence-corrected chi connectivity index (χ3v) is 5.45. The molecule has 0 unspecified atom stereocenters. The van der Waals surface area contributed by atoms with Gasteiger partial charge in [-0.05, 0) is 49.4 Å². The molecule has 2 amide bonds. The lowest BCUT2D eigenvalue weighted by Gasteiger charge is -2.28. The second kappa shape index (κ2) is 8.49. The zero-order valence-electron chi connectivity index (χ0n) is 15.5. The van der Waals surface area contributed by atoms with E-state index in [1.165, 1.54) is 56.5 Å². The molecule has 0 fully saturated rings. The van der Waals surface area contributed by atoms with Crippen LogP contribution in [0.2, 0.25) is 5.02 Å². The van der Waals surface area contributed by atoms with E-state index < -0.39 is 27.9 Å². The molecule has 1 atom stereocenters. The molecule has 10 heteroatoms. The van der Waals surface area contributed by atoms with Crippen LogP contribution in [0.4, 0.5) is 11.4 Å². The summed E-state index contributed by atoms with van der Waals surface area (Å²) in [5.74, 6) is -0.777. The number of nitrogens with one attached hydrogen (secondary N) is 1. The Hall–Kier alpha value is -2.78. The summed E-state index contributed by atoms with van der Waals surface area (Å²) < 4.78 is 30.7. The molecule has 0 bridgehead atoms. The molecule has 2 rings (SSSR count). The fourth-order valence-electron chi connectivity index (χ4n) is 2.57. The highest BCUT2D eigenvalue weighted by molar-refractivity contribution is 7.92. The maximum absolute atomic E-state index is 12.6. The maximum Gasteiger partial charge on any atom is 0.248 e. The van der Waals surface area contributed by atoms with Crippen LogP contribution in [0.15, 0.2) is 42.5 Å². The minimum atomic E-state index is -3.80. The van der Waals surface area contributed by atoms with Crippen LogP contribution < -0.4 is 20.1 Å². The highest BCUT2D eigenvalue weighted by Gasteiger charge is 2.29. The summed E-state index contributed by atoms with van der Waals surface area (Å²) in [5.41, 5.74) is 6.08. The van der Waals surface area contributed by atoms with Crippen molar-refractivity contribution < 1.29 is 22.7 Å². The lowest BCUT2D eigenvalue weighted by atomic mass is 10.2. The number of hydrogen-bond donors (Lipinski definition) is 2. The van der Waals surface area contributed by atoms with Gasteiger partial charge in [0, 0.05) is 11.3 Å². The molecule has 0 heterocycles. The number of nitrogens with zero attached hydrogens (tertiary/aromatic N) is 1. The van der Waals surface area contributed by atoms with Gasteiger partial charge in [-0.2, -0.15) is 0 Å². The number of hydrogen-bond acceptors (Lipinski definition) is 5. The van der Waals surface area contributed by atoms with Crippen LogP contribution in [0.1, 0.15) is 17.3 Å². The molecule has 0 saturated carbocycles. The predicted octanol–water partition coefficient (Wildman–Crippen LogP) is 2.24. The highest BCUT2D eigenvalue weighted by Crippen LogP contribution is 2.31. The molecule has 0 radical (unpaired) electrons. The summed E-state index contributed by atoms with van der Waals surface area (Å²) >= 11 is 6.09. The molecule has 2 aromatic carbocycles. The van der Waals surface area contributed by atoms with Gasteiger partial charge in [0.2, 0.25) is 21.8 Å². The van der Waals surface area contributed by atoms with Gasteiger partial charge in [0.05, 0.1) is 24.1 Å². The van der Waals surface area contributed by atoms with Crippen molar-refractivity contribution in [1.29, 1.82) is 0 Å². The van der Waals surface area contributed by atoms with Crippen LogP contribution in [0.3, 0.4) is 0 Å². The van der Waals surface area contributed by atoms with Crippen LogP contribution in [0.5, 0.6) is 5.75 Å². The van der Waals surface area contributed by atoms with E-state index in [1.54, 1.807) is 0 Å². The first kappa shape index (κ1) is 21.5. The van der Waals surface area contributed by atoms with E-state index in [9.17, 15) is 18.0 Å². The van der Waals surface area contributed by atoms with E-state index in [0.717, 1.165) is 10.6 Å². The van der Waals surface area contributed by atoms with E-state index >= 15 is 0 Å². The number of primary amides is 1. The third-order valence-electron chi connectivity index (χ3n) is 3.92. The maximum atomic E-state index is 12.6. The summed E-state index contributed by atoms with van der Waals surface area (Å²) in [7, 11) is -2.36. The molecule has 0 spiro atoms. The Morgan fingerprint density at radius 2 is 1.79 bits per heavy atom. The van der Waals surface area contributed by atoms with Gasteiger partial charge in [0.25, 0.3) is 0 Å². The first-order chi connectivity index (χ1) is 13.0. The van der Waals surface area contributed by atoms with Gasteiger partial charge in [-0.25, -0.2) is 8.42 Å². The summed E-state index contributed by atoms with van der Waals surface area (Å²) in [6.45, 7) is 1.45. The summed E-state index contributed by atoms with van der Waals surface area (Å²) in [5, 5.41) is 2.82. The van der Waals surface area contributed by atoms with Crippen LogP contribution in [-0.4, -0.2) is 39.6 Å². The van der Waals surface area contributed by atoms with Crippen LogP contribution in [0.25, 0.3) is 0 Å². The predicted molar refractivity (Wildman–Crippen MR) is 108 cm³/mol. The van der Waals surface area contributed by atoms with Gasteiger partial charge < -0.3 is 15.8 Å². The Bertz CT molecular complexity index is 993. The lowest BCUT2D eigenvalue weighted by Crippen LogP contribution is -2.45. The van der Waals surface area contributed by atoms with Crippen molar-refractivity contribution in [2.75, 3.05) is 23.0 Å². The Morgan fingerprint density at radius 3 is 2.25 bits per heavy atom. The van der Waals surface area contributed by atoms with Gasteiger partial charge in [-0.15, -0.1) is 0 Å². The number of sulfonamides is 1. The fourth-order valence-corrected chi connectivity index (χ4v) is 3.98. The normalized spacial score (nSPS) is 12.1. The molecule has 0 aliphatic rings. The first-order valence-electron chi connectivity index (χ1n) is 8.08. The number of amides is 2. The van der Waals surface area contributed by atoms with Crippen molar-refractivity contribution >= 4 is 44.8 Å². The minimum absolute atomic E-state index is 0.211. The molecule has 0 aliphatic heterocycles. The SMILES string of the molecule is COc1ccc(N([C@H](C)C(=O)Nc2ccc(C(N)=O)cc2)S(C)(=O)=O)cc1Cl. The molecule has 3 N–H and O–H groups in total. The number of halogens is 1. The largest absolute Gasteiger partial charge is 0.495 e.